The molecule has 1 aliphatic carbocycles. The minimum Gasteiger partial charge on any atom is -0.300 e. The molecule has 3 rings (SSSR count). The average Bonchev–Trinajstić information content (AvgIpc) is 2.82. The Morgan fingerprint density at radius 3 is 2.56 bits per heavy atom. The summed E-state index contributed by atoms with van der Waals surface area (Å²) in [4.78, 5) is 2.60. The molecule has 1 aliphatic heterocycles. The van der Waals surface area contributed by atoms with Gasteiger partial charge in [0, 0.05) is 16.1 Å². The quantitative estimate of drug-likeness (QED) is 0.742. The molecule has 0 bridgehead atoms. The highest BCUT2D eigenvalue weighted by Crippen LogP contribution is 2.34. The molecule has 0 amide bonds. The molecule has 1 unspecified atom stereocenters. The Labute approximate surface area is 106 Å². The first-order valence-electron chi connectivity index (χ1n) is 5.95. The topological polar surface area (TPSA) is 3.24 Å². The van der Waals surface area contributed by atoms with E-state index in [2.05, 4.69) is 11.0 Å². The zero-order chi connectivity index (χ0) is 11.1. The van der Waals surface area contributed by atoms with Crippen LogP contribution in [0.15, 0.2) is 12.1 Å². The zero-order valence-electron chi connectivity index (χ0n) is 9.18. The van der Waals surface area contributed by atoms with Crippen LogP contribution in [0.25, 0.3) is 0 Å². The van der Waals surface area contributed by atoms with Crippen molar-refractivity contribution in [3.8, 4) is 0 Å². The largest absolute Gasteiger partial charge is 0.300 e. The van der Waals surface area contributed by atoms with E-state index in [1.807, 2.05) is 6.07 Å². The maximum atomic E-state index is 6.24. The molecule has 86 valence electrons. The maximum absolute atomic E-state index is 6.24. The Morgan fingerprint density at radius 1 is 1.06 bits per heavy atom. The van der Waals surface area contributed by atoms with E-state index in [9.17, 15) is 0 Å². The fourth-order valence-electron chi connectivity index (χ4n) is 2.99. The number of halogens is 2. The van der Waals surface area contributed by atoms with Crippen molar-refractivity contribution in [2.75, 3.05) is 13.1 Å². The van der Waals surface area contributed by atoms with Crippen molar-refractivity contribution in [3.63, 3.8) is 0 Å². The van der Waals surface area contributed by atoms with E-state index >= 15 is 0 Å². The van der Waals surface area contributed by atoms with E-state index in [1.165, 1.54) is 37.1 Å². The van der Waals surface area contributed by atoms with Crippen LogP contribution in [0.3, 0.4) is 0 Å². The van der Waals surface area contributed by atoms with Crippen molar-refractivity contribution >= 4 is 23.2 Å². The Kier molecular flexibility index (Phi) is 2.87. The normalized spacial score (nSPS) is 25.0. The zero-order valence-corrected chi connectivity index (χ0v) is 10.7. The summed E-state index contributed by atoms with van der Waals surface area (Å²) in [5, 5.41) is 1.62. The molecular weight excluding hydrogens is 241 g/mol. The fraction of sp³-hybridized carbons (Fsp3) is 0.538. The van der Waals surface area contributed by atoms with Crippen LogP contribution in [0.2, 0.25) is 10.0 Å². The summed E-state index contributed by atoms with van der Waals surface area (Å²) in [6.45, 7) is 2.51. The maximum Gasteiger partial charge on any atom is 0.0456 e. The highest BCUT2D eigenvalue weighted by atomic mass is 35.5. The lowest BCUT2D eigenvalue weighted by Crippen LogP contribution is -2.33. The second kappa shape index (κ2) is 4.21. The average molecular weight is 256 g/mol. The van der Waals surface area contributed by atoms with Gasteiger partial charge in [-0.1, -0.05) is 23.2 Å². The fourth-order valence-corrected chi connectivity index (χ4v) is 3.61. The van der Waals surface area contributed by atoms with Gasteiger partial charge in [-0.05, 0) is 62.0 Å². The predicted octanol–water partition coefficient (Wildman–Crippen LogP) is 3.56. The van der Waals surface area contributed by atoms with Gasteiger partial charge in [0.1, 0.15) is 0 Å². The third kappa shape index (κ3) is 1.85. The summed E-state index contributed by atoms with van der Waals surface area (Å²) >= 11 is 12.3. The third-order valence-corrected chi connectivity index (χ3v) is 4.36. The van der Waals surface area contributed by atoms with E-state index in [0.717, 1.165) is 22.9 Å². The second-order valence-electron chi connectivity index (χ2n) is 4.83. The number of nitrogens with zero attached hydrogens (tertiary/aromatic N) is 1. The molecule has 1 fully saturated rings. The smallest absolute Gasteiger partial charge is 0.0456 e. The van der Waals surface area contributed by atoms with E-state index in [-0.39, 0.29) is 0 Å². The number of likely N-dealkylation sites (tertiary alicyclic amines) is 1. The van der Waals surface area contributed by atoms with Crippen LogP contribution in [0, 0.1) is 0 Å². The molecule has 1 aromatic carbocycles. The van der Waals surface area contributed by atoms with Crippen LogP contribution in [0.5, 0.6) is 0 Å². The van der Waals surface area contributed by atoms with Crippen molar-refractivity contribution in [1.82, 2.24) is 4.90 Å². The number of hydrogen-bond acceptors (Lipinski definition) is 1. The van der Waals surface area contributed by atoms with Crippen LogP contribution >= 0.6 is 23.2 Å². The molecule has 3 heteroatoms. The summed E-state index contributed by atoms with van der Waals surface area (Å²) in [6, 6.07) is 4.61. The first-order chi connectivity index (χ1) is 7.74. The molecule has 1 aromatic rings. The molecule has 0 radical (unpaired) electrons. The molecule has 1 heterocycles. The summed E-state index contributed by atoms with van der Waals surface area (Å²) in [6.07, 6.45) is 4.92. The number of hydrogen-bond donors (Lipinski definition) is 0. The van der Waals surface area contributed by atoms with Gasteiger partial charge in [-0.3, -0.25) is 4.90 Å². The Morgan fingerprint density at radius 2 is 1.81 bits per heavy atom. The number of rotatable bonds is 1. The number of benzene rings is 1. The predicted molar refractivity (Wildman–Crippen MR) is 68.5 cm³/mol. The minimum absolute atomic E-state index is 0.661. The Hall–Kier alpha value is -0.240. The molecule has 2 aliphatic rings. The molecule has 0 N–H and O–H groups in total. The standard InChI is InChI=1S/C13H15Cl2N/c14-10-5-9-6-11(16-3-1-2-4-16)8-12(9)13(15)7-10/h5,7,11H,1-4,6,8H2. The van der Waals surface area contributed by atoms with Crippen LogP contribution in [-0.4, -0.2) is 24.0 Å². The van der Waals surface area contributed by atoms with Crippen LogP contribution in [-0.2, 0) is 12.8 Å². The van der Waals surface area contributed by atoms with Gasteiger partial charge < -0.3 is 0 Å². The lowest BCUT2D eigenvalue weighted by atomic mass is 10.1. The van der Waals surface area contributed by atoms with Gasteiger partial charge >= 0.3 is 0 Å². The monoisotopic (exact) mass is 255 g/mol. The Balaban J connectivity index is 1.85. The van der Waals surface area contributed by atoms with Gasteiger partial charge in [0.15, 0.2) is 0 Å². The molecule has 0 saturated carbocycles. The van der Waals surface area contributed by atoms with E-state index < -0.39 is 0 Å². The lowest BCUT2D eigenvalue weighted by molar-refractivity contribution is 0.250. The van der Waals surface area contributed by atoms with Gasteiger partial charge in [0.25, 0.3) is 0 Å². The highest BCUT2D eigenvalue weighted by molar-refractivity contribution is 6.35. The van der Waals surface area contributed by atoms with Crippen molar-refractivity contribution in [2.24, 2.45) is 0 Å². The first-order valence-corrected chi connectivity index (χ1v) is 6.70. The molecule has 16 heavy (non-hydrogen) atoms. The third-order valence-electron chi connectivity index (χ3n) is 3.80. The van der Waals surface area contributed by atoms with Crippen molar-refractivity contribution in [3.05, 3.63) is 33.3 Å². The molecule has 1 atom stereocenters. The lowest BCUT2D eigenvalue weighted by Gasteiger charge is -2.22. The van der Waals surface area contributed by atoms with Crippen LogP contribution in [0.4, 0.5) is 0 Å². The van der Waals surface area contributed by atoms with Gasteiger partial charge in [-0.25, -0.2) is 0 Å². The Bertz CT molecular complexity index is 411. The van der Waals surface area contributed by atoms with Gasteiger partial charge in [0.2, 0.25) is 0 Å². The van der Waals surface area contributed by atoms with E-state index in [4.69, 9.17) is 23.2 Å². The van der Waals surface area contributed by atoms with Crippen molar-refractivity contribution in [1.29, 1.82) is 0 Å². The summed E-state index contributed by atoms with van der Waals surface area (Å²) in [5.74, 6) is 0. The van der Waals surface area contributed by atoms with Crippen LogP contribution < -0.4 is 0 Å². The van der Waals surface area contributed by atoms with Crippen molar-refractivity contribution in [2.45, 2.75) is 31.7 Å². The van der Waals surface area contributed by atoms with Crippen molar-refractivity contribution < 1.29 is 0 Å². The summed E-state index contributed by atoms with van der Waals surface area (Å²) < 4.78 is 0. The van der Waals surface area contributed by atoms with Gasteiger partial charge in [-0.15, -0.1) is 0 Å². The first kappa shape index (κ1) is 10.9. The summed E-state index contributed by atoms with van der Waals surface area (Å²) in [7, 11) is 0. The SMILES string of the molecule is Clc1cc(Cl)c2c(c1)CC(N1CCCC1)C2. The van der Waals surface area contributed by atoms with Gasteiger partial charge in [0.05, 0.1) is 0 Å². The van der Waals surface area contributed by atoms with Crippen LogP contribution in [0.1, 0.15) is 24.0 Å². The van der Waals surface area contributed by atoms with Gasteiger partial charge in [-0.2, -0.15) is 0 Å². The minimum atomic E-state index is 0.661. The molecule has 0 aromatic heterocycles. The highest BCUT2D eigenvalue weighted by Gasteiger charge is 2.29. The second-order valence-corrected chi connectivity index (χ2v) is 5.67. The molecule has 1 nitrogen and oxygen atoms in total. The molecule has 1 saturated heterocycles. The molecule has 0 spiro atoms. The number of fused-ring (bicyclic) bond motifs is 1. The summed E-state index contributed by atoms with van der Waals surface area (Å²) in [5.41, 5.74) is 2.68. The molecular formula is C13H15Cl2N. The van der Waals surface area contributed by atoms with E-state index in [0.29, 0.717) is 6.04 Å². The van der Waals surface area contributed by atoms with E-state index in [1.54, 1.807) is 0 Å².